The number of hydrogen-bond donors (Lipinski definition) is 0. The zero-order chi connectivity index (χ0) is 25.1. The van der Waals surface area contributed by atoms with E-state index in [1.54, 1.807) is 78.9 Å². The van der Waals surface area contributed by atoms with E-state index in [9.17, 15) is 14.7 Å². The first-order chi connectivity index (χ1) is 17.5. The molecule has 36 heavy (non-hydrogen) atoms. The van der Waals surface area contributed by atoms with Crippen LogP contribution in [0.5, 0.6) is 5.95 Å². The summed E-state index contributed by atoms with van der Waals surface area (Å²) in [7, 11) is 0. The second-order valence-electron chi connectivity index (χ2n) is 7.59. The third-order valence-corrected chi connectivity index (χ3v) is 6.53. The van der Waals surface area contributed by atoms with Crippen LogP contribution in [0.15, 0.2) is 100 Å². The van der Waals surface area contributed by atoms with E-state index in [0.29, 0.717) is 27.1 Å². The van der Waals surface area contributed by atoms with Crippen molar-refractivity contribution in [2.75, 3.05) is 10.7 Å². The molecule has 3 aromatic carbocycles. The molecule has 0 fully saturated rings. The summed E-state index contributed by atoms with van der Waals surface area (Å²) in [6.45, 7) is 0. The molecule has 0 radical (unpaired) electrons. The van der Waals surface area contributed by atoms with Gasteiger partial charge in [0.05, 0.1) is 16.7 Å². The number of anilines is 1. The lowest BCUT2D eigenvalue weighted by atomic mass is 10.2. The minimum absolute atomic E-state index is 0.169. The third-order valence-electron chi connectivity index (χ3n) is 5.25. The number of thioether (sulfide) groups is 1. The van der Waals surface area contributed by atoms with Crippen molar-refractivity contribution in [1.29, 1.82) is 0 Å². The minimum atomic E-state index is -0.840. The Morgan fingerprint density at radius 2 is 1.69 bits per heavy atom. The second kappa shape index (κ2) is 10.2. The van der Waals surface area contributed by atoms with Gasteiger partial charge in [0.1, 0.15) is 5.70 Å². The molecule has 10 heteroatoms. The average molecular weight is 517 g/mol. The molecule has 1 aromatic heterocycles. The van der Waals surface area contributed by atoms with Crippen LogP contribution in [0.2, 0.25) is 5.02 Å². The lowest BCUT2D eigenvalue weighted by molar-refractivity contribution is -0.672. The van der Waals surface area contributed by atoms with Crippen molar-refractivity contribution in [3.63, 3.8) is 0 Å². The van der Waals surface area contributed by atoms with Gasteiger partial charge >= 0.3 is 5.69 Å². The lowest BCUT2D eigenvalue weighted by Crippen LogP contribution is -2.39. The predicted molar refractivity (Wildman–Crippen MR) is 135 cm³/mol. The molecule has 2 heterocycles. The molecule has 0 saturated heterocycles. The molecular weight excluding hydrogens is 500 g/mol. The summed E-state index contributed by atoms with van der Waals surface area (Å²) >= 11 is 7.30. The van der Waals surface area contributed by atoms with Crippen LogP contribution in [-0.4, -0.2) is 27.9 Å². The van der Waals surface area contributed by atoms with Crippen molar-refractivity contribution in [2.24, 2.45) is 4.99 Å². The van der Waals surface area contributed by atoms with Gasteiger partial charge < -0.3 is 9.63 Å². The van der Waals surface area contributed by atoms with Gasteiger partial charge in [0, 0.05) is 17.2 Å². The molecule has 1 aliphatic rings. The number of aliphatic imine (C=N–C) groups is 1. The molecule has 0 bridgehead atoms. The smallest absolute Gasteiger partial charge is 0.307 e. The number of carbonyl (C=O) groups is 2. The van der Waals surface area contributed by atoms with E-state index in [1.807, 2.05) is 12.1 Å². The second-order valence-corrected chi connectivity index (χ2v) is 8.94. The molecule has 5 rings (SSSR count). The number of amidine groups is 1. The van der Waals surface area contributed by atoms with Gasteiger partial charge in [0.25, 0.3) is 5.91 Å². The number of amides is 1. The largest absolute Gasteiger partial charge is 0.539 e. The number of hydrogen-bond acceptors (Lipinski definition) is 7. The first-order valence-electron chi connectivity index (χ1n) is 10.8. The molecule has 0 saturated carbocycles. The zero-order valence-electron chi connectivity index (χ0n) is 18.6. The summed E-state index contributed by atoms with van der Waals surface area (Å²) < 4.78 is 5.93. The fourth-order valence-electron chi connectivity index (χ4n) is 3.56. The van der Waals surface area contributed by atoms with Gasteiger partial charge in [-0.2, -0.15) is 0 Å². The molecule has 0 unspecified atom stereocenters. The number of para-hydroxylation sites is 2. The van der Waals surface area contributed by atoms with E-state index >= 15 is 0 Å². The molecule has 0 atom stereocenters. The fourth-order valence-corrected chi connectivity index (χ4v) is 4.63. The Morgan fingerprint density at radius 1 is 1.03 bits per heavy atom. The SMILES string of the molecule is O=C(CSC1=N/C(=C/c2ccccc2Cl)C(=O)N1c1ccccc1)c1c([O-])on[n+]1-c1ccccc1. The highest BCUT2D eigenvalue weighted by Crippen LogP contribution is 2.30. The van der Waals surface area contributed by atoms with Crippen LogP contribution >= 0.6 is 23.4 Å². The van der Waals surface area contributed by atoms with Crippen molar-refractivity contribution < 1.29 is 23.9 Å². The van der Waals surface area contributed by atoms with Crippen LogP contribution < -0.4 is 14.7 Å². The number of carbonyl (C=O) groups excluding carboxylic acids is 2. The topological polar surface area (TPSA) is 103 Å². The number of rotatable bonds is 6. The summed E-state index contributed by atoms with van der Waals surface area (Å²) in [6.07, 6.45) is 1.61. The first-order valence-corrected chi connectivity index (χ1v) is 12.1. The van der Waals surface area contributed by atoms with Gasteiger partial charge in [-0.1, -0.05) is 78.0 Å². The Labute approximate surface area is 215 Å². The first kappa shape index (κ1) is 23.5. The molecule has 1 amide bonds. The molecular formula is C26H17ClN4O4S. The van der Waals surface area contributed by atoms with Crippen LogP contribution in [0.3, 0.4) is 0 Å². The Morgan fingerprint density at radius 3 is 2.42 bits per heavy atom. The molecule has 1 aliphatic heterocycles. The number of aromatic nitrogens is 2. The number of Topliss-reactive ketones (excluding diaryl/α,β-unsaturated/α-hetero) is 1. The maximum absolute atomic E-state index is 13.3. The maximum Gasteiger partial charge on any atom is 0.307 e. The fraction of sp³-hybridized carbons (Fsp3) is 0.0385. The zero-order valence-corrected chi connectivity index (χ0v) is 20.1. The van der Waals surface area contributed by atoms with Gasteiger partial charge in [-0.15, -0.1) is 0 Å². The summed E-state index contributed by atoms with van der Waals surface area (Å²) in [6, 6.07) is 24.8. The molecule has 4 aromatic rings. The lowest BCUT2D eigenvalue weighted by Gasteiger charge is -2.17. The van der Waals surface area contributed by atoms with E-state index in [-0.39, 0.29) is 23.1 Å². The molecule has 8 nitrogen and oxygen atoms in total. The molecule has 0 N–H and O–H groups in total. The third kappa shape index (κ3) is 4.66. The van der Waals surface area contributed by atoms with Gasteiger partial charge in [-0.05, 0) is 34.5 Å². The van der Waals surface area contributed by atoms with Crippen LogP contribution in [-0.2, 0) is 4.79 Å². The molecule has 178 valence electrons. The maximum atomic E-state index is 13.3. The van der Waals surface area contributed by atoms with Gasteiger partial charge in [0.2, 0.25) is 11.5 Å². The van der Waals surface area contributed by atoms with Crippen LogP contribution in [0.25, 0.3) is 11.8 Å². The molecule has 0 spiro atoms. The summed E-state index contributed by atoms with van der Waals surface area (Å²) in [4.78, 5) is 32.3. The Hall–Kier alpha value is -4.21. The van der Waals surface area contributed by atoms with Crippen LogP contribution in [0.4, 0.5) is 5.69 Å². The van der Waals surface area contributed by atoms with E-state index < -0.39 is 11.7 Å². The normalized spacial score (nSPS) is 14.4. The van der Waals surface area contributed by atoms with E-state index in [1.165, 1.54) is 9.58 Å². The highest BCUT2D eigenvalue weighted by Gasteiger charge is 2.34. The Bertz CT molecular complexity index is 1500. The number of ketones is 1. The Balaban J connectivity index is 1.45. The van der Waals surface area contributed by atoms with Crippen molar-refractivity contribution in [2.45, 2.75) is 0 Å². The summed E-state index contributed by atoms with van der Waals surface area (Å²) in [5, 5.41) is 16.8. The van der Waals surface area contributed by atoms with Gasteiger partial charge in [0.15, 0.2) is 11.1 Å². The average Bonchev–Trinajstić information content (AvgIpc) is 3.44. The number of halogens is 1. The number of nitrogens with zero attached hydrogens (tertiary/aromatic N) is 4. The van der Waals surface area contributed by atoms with Crippen LogP contribution in [0, 0.1) is 0 Å². The predicted octanol–water partition coefficient (Wildman–Crippen LogP) is 4.04. The minimum Gasteiger partial charge on any atom is -0.539 e. The highest BCUT2D eigenvalue weighted by atomic mass is 35.5. The van der Waals surface area contributed by atoms with Crippen molar-refractivity contribution in [3.05, 3.63) is 107 Å². The van der Waals surface area contributed by atoms with Crippen molar-refractivity contribution in [3.8, 4) is 11.6 Å². The summed E-state index contributed by atoms with van der Waals surface area (Å²) in [5.74, 6) is -1.88. The monoisotopic (exact) mass is 516 g/mol. The quantitative estimate of drug-likeness (QED) is 0.218. The Kier molecular flexibility index (Phi) is 6.66. The van der Waals surface area contributed by atoms with Gasteiger partial charge in [-0.3, -0.25) is 14.5 Å². The van der Waals surface area contributed by atoms with Crippen molar-refractivity contribution in [1.82, 2.24) is 5.27 Å². The standard InChI is InChI=1S/C26H17ClN4O4S/c27-20-14-8-7-9-17(20)15-21-24(33)30(18-10-3-1-4-11-18)26(28-21)36-16-22(32)23-25(34)35-29-31(23)19-12-5-2-6-13-19/h1-15H,16H2/b21-15+. The molecule has 0 aliphatic carbocycles. The van der Waals surface area contributed by atoms with E-state index in [2.05, 4.69) is 10.3 Å². The highest BCUT2D eigenvalue weighted by molar-refractivity contribution is 8.14. The van der Waals surface area contributed by atoms with E-state index in [0.717, 1.165) is 11.8 Å². The van der Waals surface area contributed by atoms with Gasteiger partial charge in [-0.25, -0.2) is 4.99 Å². The van der Waals surface area contributed by atoms with E-state index in [4.69, 9.17) is 16.1 Å². The number of benzene rings is 3. The van der Waals surface area contributed by atoms with Crippen molar-refractivity contribution >= 4 is 52.0 Å². The van der Waals surface area contributed by atoms with Crippen LogP contribution in [0.1, 0.15) is 16.1 Å². The summed E-state index contributed by atoms with van der Waals surface area (Å²) in [5.41, 5.74) is 1.72.